The molecule has 0 fully saturated rings. The van der Waals surface area contributed by atoms with Crippen LogP contribution in [0.5, 0.6) is 0 Å². The van der Waals surface area contributed by atoms with Crippen LogP contribution in [0.4, 0.5) is 5.69 Å². The lowest BCUT2D eigenvalue weighted by Gasteiger charge is -2.09. The zero-order valence-corrected chi connectivity index (χ0v) is 11.1. The lowest BCUT2D eigenvalue weighted by molar-refractivity contribution is 0.587. The molecule has 0 aliphatic heterocycles. The minimum absolute atomic E-state index is 0.109. The summed E-state index contributed by atoms with van der Waals surface area (Å²) in [5.74, 6) is 5.93. The SMILES string of the molecule is CC#Cc1ccc(NS(=O)(=O)CC(C)C)cc1. The molecule has 0 heterocycles. The fourth-order valence-electron chi connectivity index (χ4n) is 1.43. The third-order valence-corrected chi connectivity index (χ3v) is 3.63. The minimum atomic E-state index is -3.25. The molecular weight excluding hydrogens is 234 g/mol. The van der Waals surface area contributed by atoms with Crippen molar-refractivity contribution in [3.63, 3.8) is 0 Å². The molecule has 17 heavy (non-hydrogen) atoms. The second-order valence-corrected chi connectivity index (χ2v) is 6.00. The van der Waals surface area contributed by atoms with Crippen LogP contribution in [0, 0.1) is 17.8 Å². The van der Waals surface area contributed by atoms with E-state index in [1.807, 2.05) is 13.8 Å². The molecule has 0 aliphatic rings. The molecule has 4 heteroatoms. The van der Waals surface area contributed by atoms with Crippen LogP contribution < -0.4 is 4.72 Å². The maximum atomic E-state index is 11.7. The maximum absolute atomic E-state index is 11.7. The number of benzene rings is 1. The van der Waals surface area contributed by atoms with Crippen LogP contribution in [0.2, 0.25) is 0 Å². The molecule has 0 radical (unpaired) electrons. The third kappa shape index (κ3) is 4.92. The molecule has 0 saturated carbocycles. The van der Waals surface area contributed by atoms with E-state index in [-0.39, 0.29) is 11.7 Å². The van der Waals surface area contributed by atoms with E-state index in [4.69, 9.17) is 0 Å². The van der Waals surface area contributed by atoms with Crippen molar-refractivity contribution in [2.75, 3.05) is 10.5 Å². The van der Waals surface area contributed by atoms with Gasteiger partial charge in [0.25, 0.3) is 0 Å². The average Bonchev–Trinajstić information content (AvgIpc) is 2.18. The maximum Gasteiger partial charge on any atom is 0.232 e. The van der Waals surface area contributed by atoms with Gasteiger partial charge in [0.15, 0.2) is 0 Å². The molecule has 1 rings (SSSR count). The molecule has 0 amide bonds. The van der Waals surface area contributed by atoms with E-state index < -0.39 is 10.0 Å². The topological polar surface area (TPSA) is 46.2 Å². The van der Waals surface area contributed by atoms with Crippen molar-refractivity contribution in [1.82, 2.24) is 0 Å². The second-order valence-electron chi connectivity index (χ2n) is 4.23. The van der Waals surface area contributed by atoms with Gasteiger partial charge in [-0.15, -0.1) is 5.92 Å². The quantitative estimate of drug-likeness (QED) is 0.835. The molecule has 0 unspecified atom stereocenters. The first-order valence-corrected chi connectivity index (χ1v) is 7.11. The largest absolute Gasteiger partial charge is 0.284 e. The Hall–Kier alpha value is -1.47. The van der Waals surface area contributed by atoms with Crippen LogP contribution in [0.15, 0.2) is 24.3 Å². The van der Waals surface area contributed by atoms with Crippen molar-refractivity contribution in [1.29, 1.82) is 0 Å². The first-order valence-electron chi connectivity index (χ1n) is 5.46. The molecule has 1 N–H and O–H groups in total. The van der Waals surface area contributed by atoms with Gasteiger partial charge in [0.2, 0.25) is 10.0 Å². The molecule has 0 atom stereocenters. The van der Waals surface area contributed by atoms with Gasteiger partial charge in [-0.1, -0.05) is 19.8 Å². The highest BCUT2D eigenvalue weighted by molar-refractivity contribution is 7.92. The Morgan fingerprint density at radius 2 is 1.82 bits per heavy atom. The van der Waals surface area contributed by atoms with Crippen LogP contribution in [-0.4, -0.2) is 14.2 Å². The fraction of sp³-hybridized carbons (Fsp3) is 0.385. The average molecular weight is 251 g/mol. The van der Waals surface area contributed by atoms with E-state index in [2.05, 4.69) is 16.6 Å². The van der Waals surface area contributed by atoms with Crippen molar-refractivity contribution in [2.24, 2.45) is 5.92 Å². The molecule has 0 bridgehead atoms. The van der Waals surface area contributed by atoms with Gasteiger partial charge < -0.3 is 0 Å². The van der Waals surface area contributed by atoms with Crippen molar-refractivity contribution in [3.8, 4) is 11.8 Å². The first kappa shape index (κ1) is 13.6. The molecule has 3 nitrogen and oxygen atoms in total. The van der Waals surface area contributed by atoms with Crippen molar-refractivity contribution in [2.45, 2.75) is 20.8 Å². The smallest absolute Gasteiger partial charge is 0.232 e. The van der Waals surface area contributed by atoms with E-state index in [9.17, 15) is 8.42 Å². The molecular formula is C13H17NO2S. The van der Waals surface area contributed by atoms with Crippen molar-refractivity contribution >= 4 is 15.7 Å². The summed E-state index contributed by atoms with van der Waals surface area (Å²) in [5.41, 5.74) is 1.45. The van der Waals surface area contributed by atoms with Gasteiger partial charge in [0.1, 0.15) is 0 Å². The Morgan fingerprint density at radius 3 is 2.29 bits per heavy atom. The summed E-state index contributed by atoms with van der Waals surface area (Å²) in [6, 6.07) is 7.03. The predicted octanol–water partition coefficient (Wildman–Crippen LogP) is 2.46. The predicted molar refractivity (Wildman–Crippen MR) is 71.2 cm³/mol. The Morgan fingerprint density at radius 1 is 1.24 bits per heavy atom. The van der Waals surface area contributed by atoms with Gasteiger partial charge in [0, 0.05) is 11.3 Å². The summed E-state index contributed by atoms with van der Waals surface area (Å²) >= 11 is 0. The summed E-state index contributed by atoms with van der Waals surface area (Å²) in [7, 11) is -3.25. The van der Waals surface area contributed by atoms with Gasteiger partial charge in [0.05, 0.1) is 5.75 Å². The first-order chi connectivity index (χ1) is 7.93. The highest BCUT2D eigenvalue weighted by Crippen LogP contribution is 2.12. The van der Waals surface area contributed by atoms with Crippen LogP contribution in [0.1, 0.15) is 26.3 Å². The molecule has 0 aromatic heterocycles. The number of sulfonamides is 1. The molecule has 1 aromatic carbocycles. The molecule has 1 aromatic rings. The van der Waals surface area contributed by atoms with Gasteiger partial charge >= 0.3 is 0 Å². The number of hydrogen-bond donors (Lipinski definition) is 1. The van der Waals surface area contributed by atoms with E-state index in [1.54, 1.807) is 31.2 Å². The standard InChI is InChI=1S/C13H17NO2S/c1-4-5-12-6-8-13(9-7-12)14-17(15,16)10-11(2)3/h6-9,11,14H,10H2,1-3H3. The van der Waals surface area contributed by atoms with E-state index >= 15 is 0 Å². The highest BCUT2D eigenvalue weighted by Gasteiger charge is 2.12. The summed E-state index contributed by atoms with van der Waals surface area (Å²) in [4.78, 5) is 0. The molecule has 0 saturated heterocycles. The Labute approximate surface area is 103 Å². The Balaban J connectivity index is 2.78. The summed E-state index contributed by atoms with van der Waals surface area (Å²) in [6.45, 7) is 5.51. The summed E-state index contributed by atoms with van der Waals surface area (Å²) in [6.07, 6.45) is 0. The van der Waals surface area contributed by atoms with Crippen molar-refractivity contribution in [3.05, 3.63) is 29.8 Å². The minimum Gasteiger partial charge on any atom is -0.284 e. The summed E-state index contributed by atoms with van der Waals surface area (Å²) < 4.78 is 25.9. The number of hydrogen-bond acceptors (Lipinski definition) is 2. The summed E-state index contributed by atoms with van der Waals surface area (Å²) in [5, 5.41) is 0. The van der Waals surface area contributed by atoms with Gasteiger partial charge in [-0.3, -0.25) is 4.72 Å². The highest BCUT2D eigenvalue weighted by atomic mass is 32.2. The number of rotatable bonds is 4. The van der Waals surface area contributed by atoms with E-state index in [0.717, 1.165) is 5.56 Å². The fourth-order valence-corrected chi connectivity index (χ4v) is 2.88. The van der Waals surface area contributed by atoms with Crippen LogP contribution in [-0.2, 0) is 10.0 Å². The third-order valence-electron chi connectivity index (χ3n) is 1.98. The molecule has 0 aliphatic carbocycles. The number of anilines is 1. The van der Waals surface area contributed by atoms with E-state index in [1.165, 1.54) is 0 Å². The monoisotopic (exact) mass is 251 g/mol. The second kappa shape index (κ2) is 5.74. The van der Waals surface area contributed by atoms with Gasteiger partial charge in [-0.25, -0.2) is 8.42 Å². The van der Waals surface area contributed by atoms with Gasteiger partial charge in [-0.2, -0.15) is 0 Å². The van der Waals surface area contributed by atoms with Crippen LogP contribution in [0.3, 0.4) is 0 Å². The van der Waals surface area contributed by atoms with Crippen molar-refractivity contribution < 1.29 is 8.42 Å². The Kier molecular flexibility index (Phi) is 4.59. The van der Waals surface area contributed by atoms with Crippen LogP contribution >= 0.6 is 0 Å². The Bertz CT molecular complexity index is 519. The number of nitrogens with one attached hydrogen (secondary N) is 1. The van der Waals surface area contributed by atoms with Crippen LogP contribution in [0.25, 0.3) is 0 Å². The normalized spacial score (nSPS) is 10.8. The molecule has 92 valence electrons. The zero-order valence-electron chi connectivity index (χ0n) is 10.3. The zero-order chi connectivity index (χ0) is 12.9. The molecule has 0 spiro atoms. The van der Waals surface area contributed by atoms with Gasteiger partial charge in [-0.05, 0) is 37.1 Å². The lowest BCUT2D eigenvalue weighted by Crippen LogP contribution is -2.19. The lowest BCUT2D eigenvalue weighted by atomic mass is 10.2. The van der Waals surface area contributed by atoms with E-state index in [0.29, 0.717) is 5.69 Å².